The summed E-state index contributed by atoms with van der Waals surface area (Å²) in [7, 11) is 0. The van der Waals surface area contributed by atoms with Crippen LogP contribution in [0.2, 0.25) is 0 Å². The summed E-state index contributed by atoms with van der Waals surface area (Å²) in [6, 6.07) is 58.6. The average molecular weight is 775 g/mol. The zero-order valence-corrected chi connectivity index (χ0v) is 33.3. The molecule has 10 aromatic rings. The van der Waals surface area contributed by atoms with Gasteiger partial charge in [0.2, 0.25) is 5.95 Å². The molecule has 60 heavy (non-hydrogen) atoms. The summed E-state index contributed by atoms with van der Waals surface area (Å²) in [6.07, 6.45) is 8.17. The van der Waals surface area contributed by atoms with Crippen LogP contribution in [0.5, 0.6) is 0 Å². The molecule has 4 fully saturated rings. The maximum absolute atomic E-state index is 6.61. The van der Waals surface area contributed by atoms with Crippen LogP contribution in [0.3, 0.4) is 0 Å². The molecule has 3 aromatic heterocycles. The van der Waals surface area contributed by atoms with Crippen LogP contribution in [0.4, 0.5) is 0 Å². The average Bonchev–Trinajstić information content (AvgIpc) is 3.85. The Morgan fingerprint density at radius 2 is 1.08 bits per heavy atom. The molecule has 4 bridgehead atoms. The molecule has 288 valence electrons. The van der Waals surface area contributed by atoms with Crippen LogP contribution < -0.4 is 0 Å². The normalized spacial score (nSPS) is 20.8. The van der Waals surface area contributed by atoms with Gasteiger partial charge in [0.15, 0.2) is 11.6 Å². The number of hydrogen-bond acceptors (Lipinski definition) is 4. The molecule has 4 aliphatic carbocycles. The SMILES string of the molecule is c1ccc(-c2ccc3c(c2)c2ccccc2n3-c2nc(-c3ccc(C45CC6CC(CC(C6)C4)C5)c(-c4ccccc4)c3)nc(-c3cccc4c3oc3ccccc34)n2)cc1. The van der Waals surface area contributed by atoms with Crippen LogP contribution >= 0.6 is 0 Å². The topological polar surface area (TPSA) is 56.7 Å². The Labute approximate surface area is 348 Å². The van der Waals surface area contributed by atoms with Crippen LogP contribution in [0.1, 0.15) is 44.1 Å². The molecule has 4 aliphatic rings. The molecule has 0 saturated heterocycles. The Kier molecular flexibility index (Phi) is 7.42. The van der Waals surface area contributed by atoms with Gasteiger partial charge in [0.1, 0.15) is 11.2 Å². The van der Waals surface area contributed by atoms with Gasteiger partial charge in [-0.25, -0.2) is 4.98 Å². The number of hydrogen-bond donors (Lipinski definition) is 0. The fourth-order valence-corrected chi connectivity index (χ4v) is 12.1. The number of nitrogens with zero attached hydrogens (tertiary/aromatic N) is 4. The lowest BCUT2D eigenvalue weighted by Crippen LogP contribution is -2.48. The van der Waals surface area contributed by atoms with Crippen molar-refractivity contribution in [1.29, 1.82) is 0 Å². The van der Waals surface area contributed by atoms with Crippen molar-refractivity contribution in [2.75, 3.05) is 0 Å². The quantitative estimate of drug-likeness (QED) is 0.169. The van der Waals surface area contributed by atoms with Gasteiger partial charge < -0.3 is 4.42 Å². The monoisotopic (exact) mass is 774 g/mol. The smallest absolute Gasteiger partial charge is 0.238 e. The molecule has 0 amide bonds. The lowest BCUT2D eigenvalue weighted by molar-refractivity contribution is -0.00491. The van der Waals surface area contributed by atoms with Gasteiger partial charge in [-0.1, -0.05) is 127 Å². The number of aromatic nitrogens is 4. The number of fused-ring (bicyclic) bond motifs is 6. The second kappa shape index (κ2) is 13.1. The van der Waals surface area contributed by atoms with Crippen LogP contribution in [0.25, 0.3) is 94.7 Å². The van der Waals surface area contributed by atoms with Gasteiger partial charge >= 0.3 is 0 Å². The fraction of sp³-hybridized carbons (Fsp3) is 0.182. The van der Waals surface area contributed by atoms with E-state index >= 15 is 0 Å². The van der Waals surface area contributed by atoms with E-state index in [1.165, 1.54) is 66.3 Å². The van der Waals surface area contributed by atoms with Crippen molar-refractivity contribution < 1.29 is 4.42 Å². The molecule has 5 nitrogen and oxygen atoms in total. The molecule has 0 aliphatic heterocycles. The Bertz CT molecular complexity index is 3270. The standard InChI is InChI=1S/C55H42N4O/c1-3-12-37(13-4-1)39-23-25-49-46(29-39)41-16-7-9-20-48(41)59(49)54-57-52(56-53(58-54)44-19-11-18-43-42-17-8-10-21-50(42)60-51(43)44)40-22-24-47(45(30-40)38-14-5-2-6-15-38)55-31-34-26-35(32-55)28-36(27-34)33-55/h1-25,29-30,34-36H,26-28,31-33H2. The van der Waals surface area contributed by atoms with E-state index < -0.39 is 0 Å². The Morgan fingerprint density at radius 3 is 1.87 bits per heavy atom. The highest BCUT2D eigenvalue weighted by molar-refractivity contribution is 6.11. The summed E-state index contributed by atoms with van der Waals surface area (Å²) in [4.78, 5) is 16.2. The molecular weight excluding hydrogens is 733 g/mol. The summed E-state index contributed by atoms with van der Waals surface area (Å²) >= 11 is 0. The van der Waals surface area contributed by atoms with Gasteiger partial charge in [-0.2, -0.15) is 9.97 Å². The molecule has 0 unspecified atom stereocenters. The largest absolute Gasteiger partial charge is 0.455 e. The maximum atomic E-state index is 6.61. The van der Waals surface area contributed by atoms with Crippen LogP contribution in [0, 0.1) is 17.8 Å². The minimum atomic E-state index is 0.229. The van der Waals surface area contributed by atoms with Crippen molar-refractivity contribution in [2.45, 2.75) is 43.9 Å². The van der Waals surface area contributed by atoms with Gasteiger partial charge in [-0.05, 0) is 126 Å². The van der Waals surface area contributed by atoms with E-state index in [-0.39, 0.29) is 5.41 Å². The van der Waals surface area contributed by atoms with Crippen LogP contribution in [-0.4, -0.2) is 19.5 Å². The molecule has 0 atom stereocenters. The van der Waals surface area contributed by atoms with E-state index in [1.54, 1.807) is 0 Å². The zero-order valence-electron chi connectivity index (χ0n) is 33.3. The predicted molar refractivity (Wildman–Crippen MR) is 243 cm³/mol. The molecule has 3 heterocycles. The Morgan fingerprint density at radius 1 is 0.450 bits per heavy atom. The first-order valence-corrected chi connectivity index (χ1v) is 21.6. The van der Waals surface area contributed by atoms with E-state index in [2.05, 4.69) is 156 Å². The van der Waals surface area contributed by atoms with E-state index in [0.717, 1.165) is 72.6 Å². The van der Waals surface area contributed by atoms with E-state index in [9.17, 15) is 0 Å². The van der Waals surface area contributed by atoms with E-state index in [0.29, 0.717) is 17.6 Å². The highest BCUT2D eigenvalue weighted by Gasteiger charge is 2.52. The van der Waals surface area contributed by atoms with Crippen molar-refractivity contribution in [3.8, 4) is 51.0 Å². The van der Waals surface area contributed by atoms with Crippen molar-refractivity contribution in [2.24, 2.45) is 17.8 Å². The number of para-hydroxylation sites is 3. The Balaban J connectivity index is 1.06. The zero-order chi connectivity index (χ0) is 39.4. The van der Waals surface area contributed by atoms with Crippen molar-refractivity contribution in [3.63, 3.8) is 0 Å². The Hall–Kier alpha value is -6.85. The summed E-state index contributed by atoms with van der Waals surface area (Å²) in [5, 5.41) is 4.43. The summed E-state index contributed by atoms with van der Waals surface area (Å²) < 4.78 is 8.83. The van der Waals surface area contributed by atoms with E-state index in [1.807, 2.05) is 12.1 Å². The van der Waals surface area contributed by atoms with Crippen molar-refractivity contribution in [1.82, 2.24) is 19.5 Å². The first-order chi connectivity index (χ1) is 29.6. The van der Waals surface area contributed by atoms with Gasteiger partial charge in [0.05, 0.1) is 16.6 Å². The molecule has 0 spiro atoms. The molecule has 0 N–H and O–H groups in total. The molecule has 14 rings (SSSR count). The third kappa shape index (κ3) is 5.28. The maximum Gasteiger partial charge on any atom is 0.238 e. The minimum absolute atomic E-state index is 0.229. The molecule has 7 aromatic carbocycles. The van der Waals surface area contributed by atoms with Gasteiger partial charge in [0.25, 0.3) is 0 Å². The number of furan rings is 1. The first kappa shape index (κ1) is 34.1. The van der Waals surface area contributed by atoms with Gasteiger partial charge in [-0.15, -0.1) is 0 Å². The van der Waals surface area contributed by atoms with Crippen molar-refractivity contribution >= 4 is 43.7 Å². The second-order valence-corrected chi connectivity index (χ2v) is 17.8. The molecule has 4 saturated carbocycles. The first-order valence-electron chi connectivity index (χ1n) is 21.6. The highest BCUT2D eigenvalue weighted by atomic mass is 16.3. The third-order valence-electron chi connectivity index (χ3n) is 14.2. The second-order valence-electron chi connectivity index (χ2n) is 17.8. The molecule has 5 heteroatoms. The van der Waals surface area contributed by atoms with E-state index in [4.69, 9.17) is 19.4 Å². The molecular formula is C55H42N4O. The fourth-order valence-electron chi connectivity index (χ4n) is 12.1. The number of benzene rings is 7. The van der Waals surface area contributed by atoms with Crippen molar-refractivity contribution in [3.05, 3.63) is 169 Å². The highest BCUT2D eigenvalue weighted by Crippen LogP contribution is 2.62. The van der Waals surface area contributed by atoms with Gasteiger partial charge in [-0.3, -0.25) is 4.57 Å². The third-order valence-corrected chi connectivity index (χ3v) is 14.2. The lowest BCUT2D eigenvalue weighted by atomic mass is 9.47. The summed E-state index contributed by atoms with van der Waals surface area (Å²) in [5.41, 5.74) is 12.2. The summed E-state index contributed by atoms with van der Waals surface area (Å²) in [6.45, 7) is 0. The van der Waals surface area contributed by atoms with Crippen LogP contribution in [0.15, 0.2) is 168 Å². The number of rotatable bonds is 6. The molecule has 0 radical (unpaired) electrons. The van der Waals surface area contributed by atoms with Crippen LogP contribution in [-0.2, 0) is 5.41 Å². The van der Waals surface area contributed by atoms with Gasteiger partial charge in [0, 0.05) is 27.1 Å². The minimum Gasteiger partial charge on any atom is -0.455 e. The predicted octanol–water partition coefficient (Wildman–Crippen LogP) is 14.0. The lowest BCUT2D eigenvalue weighted by Gasteiger charge is -2.57. The summed E-state index contributed by atoms with van der Waals surface area (Å²) in [5.74, 6) is 4.35.